The van der Waals surface area contributed by atoms with Gasteiger partial charge in [-0.25, -0.2) is 9.13 Å². The van der Waals surface area contributed by atoms with Gasteiger partial charge in [0.25, 0.3) is 0 Å². The number of rotatable bonds is 61. The molecule has 0 aromatic heterocycles. The lowest BCUT2D eigenvalue weighted by molar-refractivity contribution is -0.161. The van der Waals surface area contributed by atoms with Crippen LogP contribution in [0.2, 0.25) is 0 Å². The number of phosphoric ester groups is 2. The standard InChI is InChI=1S/C64H124O17P2/c1-9-57(8)43-35-27-21-23-31-39-47-64(69)81-60(50-74-61(66)44-36-28-18-15-14-17-25-33-41-55(4)5)53-79-83(72,73)77-49-58(65)48-76-82(70,71)78-52-59(51-75-62(67)45-37-29-22-20-26-34-42-56(6)7)80-63(68)46-38-30-19-13-11-10-12-16-24-32-40-54(2)3/h54-60,65H,9-53H2,1-8H3,(H,70,71)(H,72,73)/t57?,58-,59+,60+/m0/s1. The van der Waals surface area contributed by atoms with E-state index in [2.05, 4.69) is 55.4 Å². The highest BCUT2D eigenvalue weighted by Crippen LogP contribution is 2.45. The number of hydrogen-bond acceptors (Lipinski definition) is 15. The van der Waals surface area contributed by atoms with Crippen LogP contribution in [-0.2, 0) is 65.4 Å². The van der Waals surface area contributed by atoms with Crippen LogP contribution >= 0.6 is 15.6 Å². The molecule has 0 aromatic carbocycles. The van der Waals surface area contributed by atoms with Crippen molar-refractivity contribution in [2.45, 2.75) is 324 Å². The number of carbonyl (C=O) groups excluding carboxylic acids is 4. The molecule has 19 heteroatoms. The molecule has 0 aliphatic rings. The molecule has 0 amide bonds. The maximum Gasteiger partial charge on any atom is 0.472 e. The van der Waals surface area contributed by atoms with E-state index >= 15 is 0 Å². The van der Waals surface area contributed by atoms with Crippen LogP contribution in [0.3, 0.4) is 0 Å². The molecule has 3 unspecified atom stereocenters. The lowest BCUT2D eigenvalue weighted by atomic mass is 10.00. The van der Waals surface area contributed by atoms with Gasteiger partial charge < -0.3 is 33.8 Å². The number of ether oxygens (including phenoxy) is 4. The normalized spacial score (nSPS) is 14.8. The monoisotopic (exact) mass is 1230 g/mol. The van der Waals surface area contributed by atoms with Crippen molar-refractivity contribution in [2.24, 2.45) is 23.7 Å². The third kappa shape index (κ3) is 57.6. The molecule has 0 aromatic rings. The number of hydrogen-bond donors (Lipinski definition) is 3. The molecule has 6 atom stereocenters. The SMILES string of the molecule is CCC(C)CCCCCCCCC(=O)O[C@H](COC(=O)CCCCCCCCCCC(C)C)COP(=O)(O)OC[C@@H](O)COP(=O)(O)OC[C@@H](COC(=O)CCCCCCCCC(C)C)OC(=O)CCCCCCCCCCCCC(C)C. The highest BCUT2D eigenvalue weighted by atomic mass is 31.2. The summed E-state index contributed by atoms with van der Waals surface area (Å²) in [5.41, 5.74) is 0. The second-order valence-electron chi connectivity index (χ2n) is 24.8. The zero-order valence-corrected chi connectivity index (χ0v) is 55.6. The first-order chi connectivity index (χ1) is 39.6. The molecule has 0 saturated carbocycles. The molecule has 492 valence electrons. The van der Waals surface area contributed by atoms with Gasteiger partial charge >= 0.3 is 39.5 Å². The van der Waals surface area contributed by atoms with Crippen molar-refractivity contribution in [1.82, 2.24) is 0 Å². The minimum atomic E-state index is -4.94. The summed E-state index contributed by atoms with van der Waals surface area (Å²) in [6, 6.07) is 0. The van der Waals surface area contributed by atoms with Gasteiger partial charge in [0.05, 0.1) is 26.4 Å². The van der Waals surface area contributed by atoms with Crippen LogP contribution in [0.15, 0.2) is 0 Å². The van der Waals surface area contributed by atoms with Crippen molar-refractivity contribution in [3.8, 4) is 0 Å². The predicted octanol–water partition coefficient (Wildman–Crippen LogP) is 17.4. The molecule has 17 nitrogen and oxygen atoms in total. The Morgan fingerprint density at radius 3 is 0.855 bits per heavy atom. The Hall–Kier alpha value is -1.94. The van der Waals surface area contributed by atoms with Gasteiger partial charge in [0.1, 0.15) is 19.3 Å². The van der Waals surface area contributed by atoms with Gasteiger partial charge in [0.15, 0.2) is 12.2 Å². The van der Waals surface area contributed by atoms with Gasteiger partial charge in [-0.2, -0.15) is 0 Å². The average molecular weight is 1230 g/mol. The Morgan fingerprint density at radius 1 is 0.337 bits per heavy atom. The minimum Gasteiger partial charge on any atom is -0.462 e. The second kappa shape index (κ2) is 54.2. The highest BCUT2D eigenvalue weighted by Gasteiger charge is 2.30. The van der Waals surface area contributed by atoms with E-state index in [1.807, 2.05) is 0 Å². The Kier molecular flexibility index (Phi) is 53.0. The summed E-state index contributed by atoms with van der Waals surface area (Å²) >= 11 is 0. The van der Waals surface area contributed by atoms with Crippen LogP contribution in [0.4, 0.5) is 0 Å². The van der Waals surface area contributed by atoms with Crippen molar-refractivity contribution in [2.75, 3.05) is 39.6 Å². The molecule has 0 aliphatic carbocycles. The fourth-order valence-corrected chi connectivity index (χ4v) is 11.0. The first kappa shape index (κ1) is 81.1. The van der Waals surface area contributed by atoms with Gasteiger partial charge in [-0.1, -0.05) is 254 Å². The molecule has 0 aliphatic heterocycles. The van der Waals surface area contributed by atoms with Crippen LogP contribution in [-0.4, -0.2) is 96.7 Å². The maximum absolute atomic E-state index is 13.0. The van der Waals surface area contributed by atoms with Crippen LogP contribution in [0.5, 0.6) is 0 Å². The summed E-state index contributed by atoms with van der Waals surface area (Å²) in [6.45, 7) is 13.9. The third-order valence-corrected chi connectivity index (χ3v) is 16.8. The van der Waals surface area contributed by atoms with E-state index < -0.39 is 97.5 Å². The molecule has 83 heavy (non-hydrogen) atoms. The quantitative estimate of drug-likeness (QED) is 0.0222. The summed E-state index contributed by atoms with van der Waals surface area (Å²) in [4.78, 5) is 72.2. The van der Waals surface area contributed by atoms with Gasteiger partial charge in [-0.05, 0) is 49.4 Å². The topological polar surface area (TPSA) is 237 Å². The maximum atomic E-state index is 13.0. The van der Waals surface area contributed by atoms with E-state index in [4.69, 9.17) is 37.0 Å². The molecule has 0 saturated heterocycles. The van der Waals surface area contributed by atoms with E-state index in [0.717, 1.165) is 114 Å². The van der Waals surface area contributed by atoms with Gasteiger partial charge in [0.2, 0.25) is 0 Å². The van der Waals surface area contributed by atoms with Crippen molar-refractivity contribution in [3.63, 3.8) is 0 Å². The molecular weight excluding hydrogens is 1100 g/mol. The van der Waals surface area contributed by atoms with Crippen LogP contribution in [0, 0.1) is 23.7 Å². The molecule has 0 heterocycles. The first-order valence-electron chi connectivity index (χ1n) is 33.2. The zero-order valence-electron chi connectivity index (χ0n) is 53.8. The van der Waals surface area contributed by atoms with Crippen molar-refractivity contribution in [3.05, 3.63) is 0 Å². The van der Waals surface area contributed by atoms with Gasteiger partial charge in [-0.15, -0.1) is 0 Å². The van der Waals surface area contributed by atoms with Gasteiger partial charge in [0, 0.05) is 25.7 Å². The number of esters is 4. The molecule has 0 fully saturated rings. The summed E-state index contributed by atoms with van der Waals surface area (Å²) < 4.78 is 68.0. The fourth-order valence-electron chi connectivity index (χ4n) is 9.40. The highest BCUT2D eigenvalue weighted by molar-refractivity contribution is 7.47. The molecule has 0 spiro atoms. The van der Waals surface area contributed by atoms with E-state index in [9.17, 15) is 43.2 Å². The zero-order chi connectivity index (χ0) is 61.8. The fraction of sp³-hybridized carbons (Fsp3) is 0.938. The smallest absolute Gasteiger partial charge is 0.462 e. The molecular formula is C64H124O17P2. The predicted molar refractivity (Wildman–Crippen MR) is 331 cm³/mol. The summed E-state index contributed by atoms with van der Waals surface area (Å²) in [5, 5.41) is 10.5. The molecule has 0 bridgehead atoms. The number of carbonyl (C=O) groups is 4. The van der Waals surface area contributed by atoms with E-state index in [1.165, 1.54) is 103 Å². The number of phosphoric acid groups is 2. The number of unbranched alkanes of at least 4 members (excludes halogenated alkanes) is 26. The summed E-state index contributed by atoms with van der Waals surface area (Å²) in [6.07, 6.45) is 33.7. The lowest BCUT2D eigenvalue weighted by Gasteiger charge is -2.21. The molecule has 0 rings (SSSR count). The van der Waals surface area contributed by atoms with Crippen molar-refractivity contribution in [1.29, 1.82) is 0 Å². The van der Waals surface area contributed by atoms with Crippen LogP contribution < -0.4 is 0 Å². The van der Waals surface area contributed by atoms with Gasteiger partial charge in [-0.3, -0.25) is 37.3 Å². The Balaban J connectivity index is 5.25. The molecule has 3 N–H and O–H groups in total. The lowest BCUT2D eigenvalue weighted by Crippen LogP contribution is -2.30. The second-order valence-corrected chi connectivity index (χ2v) is 27.7. The Labute approximate surface area is 505 Å². The van der Waals surface area contributed by atoms with Crippen LogP contribution in [0.1, 0.15) is 306 Å². The number of aliphatic hydroxyl groups excluding tert-OH is 1. The Morgan fingerprint density at radius 2 is 0.578 bits per heavy atom. The van der Waals surface area contributed by atoms with E-state index in [1.54, 1.807) is 0 Å². The molecule has 0 radical (unpaired) electrons. The summed E-state index contributed by atoms with van der Waals surface area (Å²) in [5.74, 6) is 0.735. The van der Waals surface area contributed by atoms with Crippen LogP contribution in [0.25, 0.3) is 0 Å². The van der Waals surface area contributed by atoms with E-state index in [-0.39, 0.29) is 25.7 Å². The number of aliphatic hydroxyl groups is 1. The summed E-state index contributed by atoms with van der Waals surface area (Å²) in [7, 11) is -9.89. The minimum absolute atomic E-state index is 0.102. The first-order valence-corrected chi connectivity index (χ1v) is 36.2. The van der Waals surface area contributed by atoms with Crippen molar-refractivity contribution < 1.29 is 80.2 Å². The van der Waals surface area contributed by atoms with Crippen molar-refractivity contribution >= 4 is 39.5 Å². The van der Waals surface area contributed by atoms with E-state index in [0.29, 0.717) is 31.6 Å². The third-order valence-electron chi connectivity index (χ3n) is 14.9. The average Bonchev–Trinajstić information content (AvgIpc) is 3.43. The largest absolute Gasteiger partial charge is 0.472 e. The Bertz CT molecular complexity index is 1660.